The predicted octanol–water partition coefficient (Wildman–Crippen LogP) is 2.14. The van der Waals surface area contributed by atoms with Gasteiger partial charge in [0.25, 0.3) is 0 Å². The quantitative estimate of drug-likeness (QED) is 0.857. The number of fused-ring (bicyclic) bond motifs is 1. The highest BCUT2D eigenvalue weighted by Crippen LogP contribution is 2.37. The van der Waals surface area contributed by atoms with E-state index in [1.165, 1.54) is 11.3 Å². The predicted molar refractivity (Wildman–Crippen MR) is 66.3 cm³/mol. The van der Waals surface area contributed by atoms with E-state index < -0.39 is 0 Å². The van der Waals surface area contributed by atoms with Gasteiger partial charge in [-0.25, -0.2) is 0 Å². The molecular weight excluding hydrogens is 214 g/mol. The molecule has 0 bridgehead atoms. The molecule has 17 heavy (non-hydrogen) atoms. The molecule has 4 nitrogen and oxygen atoms in total. The van der Waals surface area contributed by atoms with E-state index >= 15 is 0 Å². The number of rotatable bonds is 2. The Bertz CT molecular complexity index is 522. The highest BCUT2D eigenvalue weighted by atomic mass is 16.5. The van der Waals surface area contributed by atoms with Gasteiger partial charge in [-0.15, -0.1) is 0 Å². The van der Waals surface area contributed by atoms with Crippen LogP contribution in [0.1, 0.15) is 17.3 Å². The number of benzene rings is 1. The average Bonchev–Trinajstić information content (AvgIpc) is 2.91. The van der Waals surface area contributed by atoms with Crippen LogP contribution in [0.3, 0.4) is 0 Å². The fraction of sp³-hybridized carbons (Fsp3) is 0.308. The van der Waals surface area contributed by atoms with Crippen LogP contribution in [0.15, 0.2) is 30.5 Å². The van der Waals surface area contributed by atoms with Crippen LogP contribution in [-0.2, 0) is 13.5 Å². The van der Waals surface area contributed by atoms with E-state index in [-0.39, 0.29) is 6.04 Å². The lowest BCUT2D eigenvalue weighted by Crippen LogP contribution is -2.12. The van der Waals surface area contributed by atoms with Crippen molar-refractivity contribution in [2.45, 2.75) is 12.5 Å². The highest BCUT2D eigenvalue weighted by Gasteiger charge is 2.26. The minimum atomic E-state index is 0.245. The molecule has 0 radical (unpaired) electrons. The molecule has 3 rings (SSSR count). The number of hydrogen-bond donors (Lipinski definition) is 1. The second-order valence-corrected chi connectivity index (χ2v) is 4.28. The average molecular weight is 229 g/mol. The maximum atomic E-state index is 5.35. The van der Waals surface area contributed by atoms with Gasteiger partial charge < -0.3 is 10.1 Å². The van der Waals surface area contributed by atoms with Crippen molar-refractivity contribution in [3.8, 4) is 5.75 Å². The van der Waals surface area contributed by atoms with Crippen molar-refractivity contribution in [2.24, 2.45) is 7.05 Å². The largest absolute Gasteiger partial charge is 0.493 e. The minimum Gasteiger partial charge on any atom is -0.493 e. The van der Waals surface area contributed by atoms with Gasteiger partial charge in [0.1, 0.15) is 5.69 Å². The Morgan fingerprint density at radius 2 is 2.24 bits per heavy atom. The lowest BCUT2D eigenvalue weighted by atomic mass is 10.1. The molecule has 1 aromatic heterocycles. The van der Waals surface area contributed by atoms with Crippen LogP contribution in [0.25, 0.3) is 0 Å². The third-order valence-corrected chi connectivity index (χ3v) is 3.27. The molecule has 1 unspecified atom stereocenters. The highest BCUT2D eigenvalue weighted by molar-refractivity contribution is 5.58. The van der Waals surface area contributed by atoms with Crippen LogP contribution in [0.5, 0.6) is 5.75 Å². The van der Waals surface area contributed by atoms with Crippen LogP contribution in [0, 0.1) is 0 Å². The Hall–Kier alpha value is -1.97. The number of para-hydroxylation sites is 1. The van der Waals surface area contributed by atoms with E-state index in [1.807, 2.05) is 11.7 Å². The van der Waals surface area contributed by atoms with Gasteiger partial charge in [0.2, 0.25) is 0 Å². The number of nitrogens with zero attached hydrogens (tertiary/aromatic N) is 2. The van der Waals surface area contributed by atoms with E-state index in [0.29, 0.717) is 0 Å². The molecule has 1 atom stereocenters. The molecule has 1 N–H and O–H groups in total. The van der Waals surface area contributed by atoms with Gasteiger partial charge in [0, 0.05) is 19.2 Å². The van der Waals surface area contributed by atoms with Crippen molar-refractivity contribution in [1.29, 1.82) is 0 Å². The summed E-state index contributed by atoms with van der Waals surface area (Å²) in [6.07, 6.45) is 2.74. The molecule has 0 aliphatic carbocycles. The number of anilines is 1. The zero-order chi connectivity index (χ0) is 11.8. The number of ether oxygens (including phenoxy) is 1. The molecule has 0 saturated carbocycles. The number of aromatic nitrogens is 2. The first kappa shape index (κ1) is 10.2. The van der Waals surface area contributed by atoms with Crippen molar-refractivity contribution in [3.05, 3.63) is 41.7 Å². The normalized spacial score (nSPS) is 17.6. The molecule has 0 saturated heterocycles. The molecule has 0 amide bonds. The molecular formula is C13H15N3O. The fourth-order valence-corrected chi connectivity index (χ4v) is 2.44. The minimum absolute atomic E-state index is 0.245. The summed E-state index contributed by atoms with van der Waals surface area (Å²) in [6.45, 7) is 0. The molecule has 1 aliphatic heterocycles. The molecule has 4 heteroatoms. The van der Waals surface area contributed by atoms with Crippen molar-refractivity contribution in [3.63, 3.8) is 0 Å². The van der Waals surface area contributed by atoms with Gasteiger partial charge in [-0.2, -0.15) is 5.10 Å². The standard InChI is InChI=1S/C13H15N3O/c1-16-13(12(17-2)8-14-16)11-7-9-5-3-4-6-10(9)15-11/h3-6,8,11,15H,7H2,1-2H3. The van der Waals surface area contributed by atoms with Crippen molar-refractivity contribution in [2.75, 3.05) is 12.4 Å². The van der Waals surface area contributed by atoms with Crippen LogP contribution < -0.4 is 10.1 Å². The summed E-state index contributed by atoms with van der Waals surface area (Å²) < 4.78 is 7.23. The maximum Gasteiger partial charge on any atom is 0.162 e. The molecule has 2 heterocycles. The Labute approximate surface area is 100 Å². The number of aryl methyl sites for hydroxylation is 1. The van der Waals surface area contributed by atoms with Gasteiger partial charge >= 0.3 is 0 Å². The van der Waals surface area contributed by atoms with E-state index in [1.54, 1.807) is 13.3 Å². The van der Waals surface area contributed by atoms with E-state index in [9.17, 15) is 0 Å². The van der Waals surface area contributed by atoms with Gasteiger partial charge in [-0.05, 0) is 11.6 Å². The van der Waals surface area contributed by atoms with Crippen LogP contribution >= 0.6 is 0 Å². The SMILES string of the molecule is COc1cnn(C)c1C1Cc2ccccc2N1. The molecule has 1 aliphatic rings. The third kappa shape index (κ3) is 1.56. The summed E-state index contributed by atoms with van der Waals surface area (Å²) >= 11 is 0. The number of nitrogens with one attached hydrogen (secondary N) is 1. The van der Waals surface area contributed by atoms with Crippen molar-refractivity contribution < 1.29 is 4.74 Å². The summed E-state index contributed by atoms with van der Waals surface area (Å²) in [4.78, 5) is 0. The van der Waals surface area contributed by atoms with Gasteiger partial charge in [0.05, 0.1) is 19.3 Å². The van der Waals surface area contributed by atoms with E-state index in [0.717, 1.165) is 17.9 Å². The van der Waals surface area contributed by atoms with E-state index in [2.05, 4.69) is 34.7 Å². The molecule has 88 valence electrons. The summed E-state index contributed by atoms with van der Waals surface area (Å²) in [7, 11) is 3.63. The molecule has 1 aromatic carbocycles. The smallest absolute Gasteiger partial charge is 0.162 e. The summed E-state index contributed by atoms with van der Waals surface area (Å²) in [5, 5.41) is 7.76. The first-order valence-electron chi connectivity index (χ1n) is 5.70. The van der Waals surface area contributed by atoms with Crippen LogP contribution in [-0.4, -0.2) is 16.9 Å². The third-order valence-electron chi connectivity index (χ3n) is 3.27. The topological polar surface area (TPSA) is 39.1 Å². The second-order valence-electron chi connectivity index (χ2n) is 4.28. The summed E-state index contributed by atoms with van der Waals surface area (Å²) in [6, 6.07) is 8.64. The molecule has 0 spiro atoms. The lowest BCUT2D eigenvalue weighted by molar-refractivity contribution is 0.405. The monoisotopic (exact) mass is 229 g/mol. The zero-order valence-electron chi connectivity index (χ0n) is 9.97. The van der Waals surface area contributed by atoms with Crippen LogP contribution in [0.2, 0.25) is 0 Å². The Kier molecular flexibility index (Phi) is 2.28. The number of hydrogen-bond acceptors (Lipinski definition) is 3. The maximum absolute atomic E-state index is 5.35. The molecule has 2 aromatic rings. The summed E-state index contributed by atoms with van der Waals surface area (Å²) in [5.74, 6) is 0.845. The zero-order valence-corrected chi connectivity index (χ0v) is 9.97. The lowest BCUT2D eigenvalue weighted by Gasteiger charge is -2.13. The second kappa shape index (κ2) is 3.80. The first-order valence-corrected chi connectivity index (χ1v) is 5.70. The van der Waals surface area contributed by atoms with E-state index in [4.69, 9.17) is 4.74 Å². The van der Waals surface area contributed by atoms with Crippen LogP contribution in [0.4, 0.5) is 5.69 Å². The van der Waals surface area contributed by atoms with Gasteiger partial charge in [-0.3, -0.25) is 4.68 Å². The molecule has 0 fully saturated rings. The van der Waals surface area contributed by atoms with Crippen molar-refractivity contribution in [1.82, 2.24) is 9.78 Å². The Morgan fingerprint density at radius 1 is 1.41 bits per heavy atom. The number of methoxy groups -OCH3 is 1. The Morgan fingerprint density at radius 3 is 3.00 bits per heavy atom. The Balaban J connectivity index is 1.96. The van der Waals surface area contributed by atoms with Gasteiger partial charge in [0.15, 0.2) is 5.75 Å². The summed E-state index contributed by atoms with van der Waals surface area (Å²) in [5.41, 5.74) is 3.66. The first-order chi connectivity index (χ1) is 8.29. The fourth-order valence-electron chi connectivity index (χ4n) is 2.44. The van der Waals surface area contributed by atoms with Crippen molar-refractivity contribution >= 4 is 5.69 Å². The van der Waals surface area contributed by atoms with Gasteiger partial charge in [-0.1, -0.05) is 18.2 Å².